The summed E-state index contributed by atoms with van der Waals surface area (Å²) < 4.78 is 22.2. The normalized spacial score (nSPS) is 14.1. The van der Waals surface area contributed by atoms with Crippen LogP contribution in [0.4, 0.5) is 0 Å². The molecule has 4 aromatic rings. The number of esters is 1. The Bertz CT molecular complexity index is 1390. The Labute approximate surface area is 182 Å². The zero-order chi connectivity index (χ0) is 21.8. The molecule has 0 spiro atoms. The van der Waals surface area contributed by atoms with Crippen molar-refractivity contribution in [2.24, 2.45) is 0 Å². The Balaban J connectivity index is 1.77. The molecule has 0 saturated heterocycles. The van der Waals surface area contributed by atoms with Gasteiger partial charge in [0.05, 0.1) is 25.0 Å². The van der Waals surface area contributed by atoms with E-state index in [4.69, 9.17) is 18.6 Å². The van der Waals surface area contributed by atoms with Crippen LogP contribution in [-0.4, -0.2) is 23.0 Å². The maximum atomic E-state index is 12.9. The van der Waals surface area contributed by atoms with Crippen molar-refractivity contribution in [3.8, 4) is 33.9 Å². The van der Waals surface area contributed by atoms with Crippen molar-refractivity contribution in [2.45, 2.75) is 19.8 Å². The number of cyclic esters (lactones) is 1. The predicted octanol–water partition coefficient (Wildman–Crippen LogP) is 4.15. The van der Waals surface area contributed by atoms with Gasteiger partial charge in [-0.25, -0.2) is 4.79 Å². The lowest BCUT2D eigenvalue weighted by atomic mass is 9.84. The maximum absolute atomic E-state index is 12.9. The molecule has 0 atom stereocenters. The van der Waals surface area contributed by atoms with Crippen LogP contribution >= 0.6 is 0 Å². The monoisotopic (exact) mass is 430 g/mol. The molecule has 2 N–H and O–H groups in total. The highest BCUT2D eigenvalue weighted by molar-refractivity contribution is 6.16. The molecule has 7 nitrogen and oxygen atoms in total. The van der Waals surface area contributed by atoms with Crippen molar-refractivity contribution in [3.05, 3.63) is 71.0 Å². The molecule has 0 amide bonds. The van der Waals surface area contributed by atoms with Crippen molar-refractivity contribution < 1.29 is 33.6 Å². The number of aliphatic hydroxyl groups is 2. The second-order valence-corrected chi connectivity index (χ2v) is 7.71. The van der Waals surface area contributed by atoms with Crippen molar-refractivity contribution in [1.29, 1.82) is 0 Å². The number of fused-ring (bicyclic) bond motifs is 3. The molecule has 0 aliphatic carbocycles. The molecule has 3 heterocycles. The predicted molar refractivity (Wildman–Crippen MR) is 114 cm³/mol. The minimum Gasteiger partial charge on any atom is -0.464 e. The Morgan fingerprint density at radius 1 is 0.812 bits per heavy atom. The van der Waals surface area contributed by atoms with Gasteiger partial charge in [-0.3, -0.25) is 0 Å². The lowest BCUT2D eigenvalue weighted by molar-refractivity contribution is 0.0536. The molecule has 2 aliphatic rings. The third kappa shape index (κ3) is 2.65. The van der Waals surface area contributed by atoms with Crippen LogP contribution in [0.3, 0.4) is 0 Å². The quantitative estimate of drug-likeness (QED) is 0.469. The van der Waals surface area contributed by atoms with Crippen LogP contribution in [-0.2, 0) is 24.6 Å². The van der Waals surface area contributed by atoms with Gasteiger partial charge in [0.25, 0.3) is 0 Å². The number of carbonyl (C=O) groups excluding carboxylic acids is 1. The molecule has 6 rings (SSSR count). The first-order valence-electron chi connectivity index (χ1n) is 10.2. The van der Waals surface area contributed by atoms with Crippen molar-refractivity contribution >= 4 is 16.7 Å². The number of carbonyl (C=O) groups is 1. The van der Waals surface area contributed by atoms with Gasteiger partial charge in [0.2, 0.25) is 6.79 Å². The summed E-state index contributed by atoms with van der Waals surface area (Å²) in [5.41, 5.74) is 4.57. The number of ether oxygens (including phenoxy) is 3. The lowest BCUT2D eigenvalue weighted by Gasteiger charge is -2.18. The molecule has 2 aliphatic heterocycles. The van der Waals surface area contributed by atoms with Gasteiger partial charge >= 0.3 is 5.97 Å². The van der Waals surface area contributed by atoms with Gasteiger partial charge in [-0.15, -0.1) is 0 Å². The minimum absolute atomic E-state index is 0.119. The molecular formula is C25H18O7. The highest BCUT2D eigenvalue weighted by Crippen LogP contribution is 2.47. The second kappa shape index (κ2) is 7.12. The molecule has 0 radical (unpaired) electrons. The number of furan rings is 1. The summed E-state index contributed by atoms with van der Waals surface area (Å²) in [6.07, 6.45) is 1.58. The van der Waals surface area contributed by atoms with Gasteiger partial charge in [-0.05, 0) is 63.9 Å². The maximum Gasteiger partial charge on any atom is 0.339 e. The second-order valence-electron chi connectivity index (χ2n) is 7.71. The number of hydrogen-bond acceptors (Lipinski definition) is 7. The first-order chi connectivity index (χ1) is 15.7. The van der Waals surface area contributed by atoms with Crippen LogP contribution in [0.1, 0.15) is 27.0 Å². The zero-order valence-electron chi connectivity index (χ0n) is 16.9. The van der Waals surface area contributed by atoms with E-state index < -0.39 is 5.97 Å². The fourth-order valence-electron chi connectivity index (χ4n) is 4.60. The summed E-state index contributed by atoms with van der Waals surface area (Å²) >= 11 is 0. The largest absolute Gasteiger partial charge is 0.464 e. The molecule has 1 aromatic heterocycles. The number of benzene rings is 3. The van der Waals surface area contributed by atoms with E-state index in [0.29, 0.717) is 39.5 Å². The van der Waals surface area contributed by atoms with Gasteiger partial charge in [-0.1, -0.05) is 6.07 Å². The van der Waals surface area contributed by atoms with Crippen molar-refractivity contribution in [2.75, 3.05) is 6.79 Å². The fourth-order valence-corrected chi connectivity index (χ4v) is 4.60. The van der Waals surface area contributed by atoms with E-state index in [1.54, 1.807) is 12.3 Å². The van der Waals surface area contributed by atoms with Crippen LogP contribution in [0.2, 0.25) is 0 Å². The van der Waals surface area contributed by atoms with E-state index in [2.05, 4.69) is 0 Å². The van der Waals surface area contributed by atoms with Gasteiger partial charge in [-0.2, -0.15) is 0 Å². The lowest BCUT2D eigenvalue weighted by Crippen LogP contribution is -2.03. The Morgan fingerprint density at radius 2 is 1.56 bits per heavy atom. The highest BCUT2D eigenvalue weighted by atomic mass is 16.7. The van der Waals surface area contributed by atoms with Gasteiger partial charge < -0.3 is 28.8 Å². The molecule has 3 aromatic carbocycles. The summed E-state index contributed by atoms with van der Waals surface area (Å²) in [4.78, 5) is 12.9. The van der Waals surface area contributed by atoms with E-state index in [9.17, 15) is 15.0 Å². The smallest absolute Gasteiger partial charge is 0.339 e. The summed E-state index contributed by atoms with van der Waals surface area (Å²) in [7, 11) is 0. The topological polar surface area (TPSA) is 98.4 Å². The summed E-state index contributed by atoms with van der Waals surface area (Å²) in [6, 6.07) is 12.8. The van der Waals surface area contributed by atoms with Crippen molar-refractivity contribution in [1.82, 2.24) is 0 Å². The first-order valence-corrected chi connectivity index (χ1v) is 10.2. The summed E-state index contributed by atoms with van der Waals surface area (Å²) in [6.45, 7) is -0.209. The molecule has 7 heteroatoms. The van der Waals surface area contributed by atoms with Gasteiger partial charge in [0.15, 0.2) is 11.5 Å². The standard InChI is InChI=1S/C25H18O7/c26-9-14-6-16-17(7-15(14)10-27)23(20-2-1-5-29-20)18-11-30-25(28)24(18)22(16)13-3-4-19-21(8-13)32-12-31-19/h1-8,26-27H,9-12H2. The average molecular weight is 430 g/mol. The third-order valence-corrected chi connectivity index (χ3v) is 6.05. The van der Waals surface area contributed by atoms with E-state index in [0.717, 1.165) is 27.5 Å². The van der Waals surface area contributed by atoms with Crippen LogP contribution in [0.25, 0.3) is 33.2 Å². The molecule has 0 unspecified atom stereocenters. The molecule has 32 heavy (non-hydrogen) atoms. The fraction of sp³-hybridized carbons (Fsp3) is 0.160. The third-order valence-electron chi connectivity index (χ3n) is 6.05. The Kier molecular flexibility index (Phi) is 4.21. The average Bonchev–Trinajstić information content (AvgIpc) is 3.58. The number of hydrogen-bond donors (Lipinski definition) is 2. The zero-order valence-corrected chi connectivity index (χ0v) is 16.9. The molecule has 160 valence electrons. The van der Waals surface area contributed by atoms with E-state index >= 15 is 0 Å². The van der Waals surface area contributed by atoms with E-state index in [-0.39, 0.29) is 26.6 Å². The van der Waals surface area contributed by atoms with Gasteiger partial charge in [0.1, 0.15) is 12.4 Å². The van der Waals surface area contributed by atoms with Crippen molar-refractivity contribution in [3.63, 3.8) is 0 Å². The highest BCUT2D eigenvalue weighted by Gasteiger charge is 2.33. The molecule has 0 saturated carbocycles. The number of aliphatic hydroxyl groups excluding tert-OH is 2. The summed E-state index contributed by atoms with van der Waals surface area (Å²) in [5, 5.41) is 21.4. The number of rotatable bonds is 4. The van der Waals surface area contributed by atoms with Crippen LogP contribution in [0, 0.1) is 0 Å². The van der Waals surface area contributed by atoms with E-state index in [1.165, 1.54) is 0 Å². The Morgan fingerprint density at radius 3 is 2.28 bits per heavy atom. The van der Waals surface area contributed by atoms with E-state index in [1.807, 2.05) is 36.4 Å². The molecule has 0 fully saturated rings. The summed E-state index contributed by atoms with van der Waals surface area (Å²) in [5.74, 6) is 1.42. The minimum atomic E-state index is -0.417. The van der Waals surface area contributed by atoms with Gasteiger partial charge in [0, 0.05) is 16.7 Å². The Hall–Kier alpha value is -3.81. The van der Waals surface area contributed by atoms with Crippen LogP contribution in [0.15, 0.2) is 53.1 Å². The van der Waals surface area contributed by atoms with Crippen LogP contribution < -0.4 is 9.47 Å². The molecular weight excluding hydrogens is 412 g/mol. The first kappa shape index (κ1) is 18.9. The SMILES string of the molecule is O=C1OCc2c1c(-c1ccc3c(c1)OCO3)c1cc(CO)c(CO)cc1c2-c1ccco1. The molecule has 0 bridgehead atoms. The van der Waals surface area contributed by atoms with Crippen LogP contribution in [0.5, 0.6) is 11.5 Å².